The maximum Gasteiger partial charge on any atom is 0.228 e. The van der Waals surface area contributed by atoms with Gasteiger partial charge in [0.2, 0.25) is 5.91 Å². The topological polar surface area (TPSA) is 58.4 Å². The van der Waals surface area contributed by atoms with Crippen LogP contribution in [0, 0.1) is 0 Å². The van der Waals surface area contributed by atoms with Crippen molar-refractivity contribution < 1.29 is 4.79 Å². The van der Waals surface area contributed by atoms with Crippen molar-refractivity contribution >= 4 is 23.4 Å². The zero-order valence-electron chi connectivity index (χ0n) is 14.9. The molecule has 4 rings (SSSR count). The van der Waals surface area contributed by atoms with Gasteiger partial charge in [-0.1, -0.05) is 36.4 Å². The molecule has 5 heteroatoms. The minimum absolute atomic E-state index is 0.0641. The molecule has 1 fully saturated rings. The predicted octanol–water partition coefficient (Wildman–Crippen LogP) is 3.01. The number of fused-ring (bicyclic) bond motifs is 1. The molecule has 3 N–H and O–H groups in total. The Balaban J connectivity index is 1.57. The first-order chi connectivity index (χ1) is 12.7. The van der Waals surface area contributed by atoms with Crippen molar-refractivity contribution in [3.63, 3.8) is 0 Å². The minimum Gasteiger partial charge on any atom is -0.399 e. The predicted molar refractivity (Wildman–Crippen MR) is 108 cm³/mol. The third-order valence-electron chi connectivity index (χ3n) is 5.39. The van der Waals surface area contributed by atoms with E-state index in [2.05, 4.69) is 28.4 Å². The second kappa shape index (κ2) is 7.72. The maximum absolute atomic E-state index is 12.9. The molecule has 26 heavy (non-hydrogen) atoms. The summed E-state index contributed by atoms with van der Waals surface area (Å²) in [7, 11) is 0. The molecular formula is C21H25N3OS. The molecule has 0 spiro atoms. The summed E-state index contributed by atoms with van der Waals surface area (Å²) in [5, 5.41) is 3.24. The fourth-order valence-electron chi connectivity index (χ4n) is 3.93. The number of carbonyl (C=O) groups excluding carboxylic acids is 1. The molecule has 0 aromatic heterocycles. The lowest BCUT2D eigenvalue weighted by Gasteiger charge is -2.34. The number of hydrogen-bond acceptors (Lipinski definition) is 4. The van der Waals surface area contributed by atoms with E-state index in [9.17, 15) is 4.79 Å². The van der Waals surface area contributed by atoms with Crippen LogP contribution in [0.1, 0.15) is 35.1 Å². The number of nitrogens with two attached hydrogens (primary N) is 1. The van der Waals surface area contributed by atoms with Crippen LogP contribution in [0.5, 0.6) is 0 Å². The Labute approximate surface area is 159 Å². The van der Waals surface area contributed by atoms with E-state index in [0.29, 0.717) is 0 Å². The van der Waals surface area contributed by atoms with Gasteiger partial charge in [0, 0.05) is 30.3 Å². The quantitative estimate of drug-likeness (QED) is 0.816. The van der Waals surface area contributed by atoms with Gasteiger partial charge in [-0.25, -0.2) is 0 Å². The largest absolute Gasteiger partial charge is 0.399 e. The number of benzene rings is 2. The molecule has 0 radical (unpaired) electrons. The third kappa shape index (κ3) is 3.60. The number of anilines is 1. The van der Waals surface area contributed by atoms with Crippen molar-refractivity contribution in [2.24, 2.45) is 0 Å². The van der Waals surface area contributed by atoms with Crippen molar-refractivity contribution in [2.75, 3.05) is 36.9 Å². The minimum atomic E-state index is -0.0954. The molecule has 2 atom stereocenters. The molecule has 0 aliphatic carbocycles. The number of amides is 1. The summed E-state index contributed by atoms with van der Waals surface area (Å²) < 4.78 is 0. The zero-order valence-corrected chi connectivity index (χ0v) is 15.7. The first-order valence-electron chi connectivity index (χ1n) is 9.27. The Kier molecular flexibility index (Phi) is 5.18. The van der Waals surface area contributed by atoms with Gasteiger partial charge in [0.25, 0.3) is 0 Å². The fraction of sp³-hybridized carbons (Fsp3) is 0.381. The van der Waals surface area contributed by atoms with Crippen LogP contribution in [-0.4, -0.2) is 41.9 Å². The lowest BCUT2D eigenvalue weighted by Crippen LogP contribution is -2.41. The Bertz CT molecular complexity index is 771. The van der Waals surface area contributed by atoms with Crippen LogP contribution in [0.15, 0.2) is 48.5 Å². The van der Waals surface area contributed by atoms with Crippen LogP contribution < -0.4 is 11.1 Å². The molecule has 0 bridgehead atoms. The molecule has 0 saturated carbocycles. The standard InChI is InChI=1S/C21H25N3OS/c22-16-7-5-15(6-8-16)20-18-4-2-1-3-17(18)19(21(25)23-20)9-10-24-11-13-26-14-12-24/h1-8,19-20H,9-14,22H2,(H,23,25). The van der Waals surface area contributed by atoms with Crippen molar-refractivity contribution in [3.8, 4) is 0 Å². The first kappa shape index (κ1) is 17.4. The molecule has 4 nitrogen and oxygen atoms in total. The van der Waals surface area contributed by atoms with Crippen LogP contribution in [0.3, 0.4) is 0 Å². The maximum atomic E-state index is 12.9. The van der Waals surface area contributed by atoms with E-state index in [1.54, 1.807) is 0 Å². The van der Waals surface area contributed by atoms with Crippen molar-refractivity contribution in [2.45, 2.75) is 18.4 Å². The smallest absolute Gasteiger partial charge is 0.228 e. The Morgan fingerprint density at radius 3 is 2.46 bits per heavy atom. The molecule has 2 aromatic carbocycles. The summed E-state index contributed by atoms with van der Waals surface area (Å²) in [6.07, 6.45) is 0.877. The highest BCUT2D eigenvalue weighted by Crippen LogP contribution is 2.36. The van der Waals surface area contributed by atoms with Crippen LogP contribution in [0.2, 0.25) is 0 Å². The summed E-state index contributed by atoms with van der Waals surface area (Å²) >= 11 is 2.02. The van der Waals surface area contributed by atoms with Gasteiger partial charge in [0.15, 0.2) is 0 Å². The van der Waals surface area contributed by atoms with E-state index in [1.165, 1.54) is 22.6 Å². The highest BCUT2D eigenvalue weighted by molar-refractivity contribution is 7.99. The van der Waals surface area contributed by atoms with E-state index in [0.717, 1.165) is 37.3 Å². The molecule has 2 aliphatic rings. The molecule has 1 saturated heterocycles. The van der Waals surface area contributed by atoms with E-state index in [-0.39, 0.29) is 17.9 Å². The molecule has 2 aliphatic heterocycles. The lowest BCUT2D eigenvalue weighted by molar-refractivity contribution is -0.124. The number of carbonyl (C=O) groups is 1. The number of nitrogens with one attached hydrogen (secondary N) is 1. The Hall–Kier alpha value is -1.98. The summed E-state index contributed by atoms with van der Waals surface area (Å²) in [5.41, 5.74) is 10.0. The molecule has 2 aromatic rings. The molecule has 1 amide bonds. The zero-order chi connectivity index (χ0) is 17.9. The van der Waals surface area contributed by atoms with Crippen molar-refractivity contribution in [1.82, 2.24) is 10.2 Å². The van der Waals surface area contributed by atoms with Gasteiger partial charge in [-0.2, -0.15) is 11.8 Å². The second-order valence-electron chi connectivity index (χ2n) is 7.03. The van der Waals surface area contributed by atoms with Crippen LogP contribution in [0.4, 0.5) is 5.69 Å². The van der Waals surface area contributed by atoms with Crippen molar-refractivity contribution in [3.05, 3.63) is 65.2 Å². The third-order valence-corrected chi connectivity index (χ3v) is 6.34. The number of nitrogen functional groups attached to an aromatic ring is 1. The summed E-state index contributed by atoms with van der Waals surface area (Å²) in [4.78, 5) is 15.4. The van der Waals surface area contributed by atoms with Gasteiger partial charge in [-0.05, 0) is 41.8 Å². The van der Waals surface area contributed by atoms with E-state index in [4.69, 9.17) is 5.73 Å². The van der Waals surface area contributed by atoms with E-state index >= 15 is 0 Å². The number of nitrogens with zero attached hydrogens (tertiary/aromatic N) is 1. The molecule has 2 heterocycles. The van der Waals surface area contributed by atoms with Gasteiger partial charge in [0.05, 0.1) is 12.0 Å². The summed E-state index contributed by atoms with van der Waals surface area (Å²) in [6, 6.07) is 16.1. The van der Waals surface area contributed by atoms with Gasteiger partial charge >= 0.3 is 0 Å². The van der Waals surface area contributed by atoms with Crippen LogP contribution >= 0.6 is 11.8 Å². The average molecular weight is 368 g/mol. The van der Waals surface area contributed by atoms with Crippen LogP contribution in [-0.2, 0) is 4.79 Å². The van der Waals surface area contributed by atoms with Gasteiger partial charge < -0.3 is 16.0 Å². The molecule has 136 valence electrons. The van der Waals surface area contributed by atoms with Gasteiger partial charge in [-0.3, -0.25) is 4.79 Å². The first-order valence-corrected chi connectivity index (χ1v) is 10.4. The lowest BCUT2D eigenvalue weighted by atomic mass is 9.82. The number of hydrogen-bond donors (Lipinski definition) is 2. The van der Waals surface area contributed by atoms with Gasteiger partial charge in [-0.15, -0.1) is 0 Å². The highest BCUT2D eigenvalue weighted by atomic mass is 32.2. The van der Waals surface area contributed by atoms with Crippen LogP contribution in [0.25, 0.3) is 0 Å². The summed E-state index contributed by atoms with van der Waals surface area (Å²) in [6.45, 7) is 3.25. The van der Waals surface area contributed by atoms with Gasteiger partial charge in [0.1, 0.15) is 0 Å². The number of thioether (sulfide) groups is 1. The molecule has 2 unspecified atom stereocenters. The fourth-order valence-corrected chi connectivity index (χ4v) is 4.91. The van der Waals surface area contributed by atoms with E-state index < -0.39 is 0 Å². The van der Waals surface area contributed by atoms with E-state index in [1.807, 2.05) is 42.1 Å². The van der Waals surface area contributed by atoms with Crippen molar-refractivity contribution in [1.29, 1.82) is 0 Å². The highest BCUT2D eigenvalue weighted by Gasteiger charge is 2.33. The Morgan fingerprint density at radius 2 is 1.73 bits per heavy atom. The number of rotatable bonds is 4. The normalized spacial score (nSPS) is 23.3. The molecular weight excluding hydrogens is 342 g/mol. The summed E-state index contributed by atoms with van der Waals surface area (Å²) in [5.74, 6) is 2.47. The second-order valence-corrected chi connectivity index (χ2v) is 8.26. The Morgan fingerprint density at radius 1 is 1.04 bits per heavy atom. The average Bonchev–Trinajstić information content (AvgIpc) is 2.68. The SMILES string of the molecule is Nc1ccc(C2NC(=O)C(CCN3CCSCC3)c3ccccc32)cc1. The monoisotopic (exact) mass is 367 g/mol.